The SMILES string of the molecule is CC(C)(C)NCC(=O)N1CCN(C(=O)c2cccs2)CC1. The second kappa shape index (κ2) is 6.58. The molecule has 2 amide bonds. The molecule has 21 heavy (non-hydrogen) atoms. The molecule has 0 atom stereocenters. The first-order valence-electron chi connectivity index (χ1n) is 7.22. The molecule has 2 heterocycles. The molecule has 1 N–H and O–H groups in total. The van der Waals surface area contributed by atoms with Crippen molar-refractivity contribution in [2.75, 3.05) is 32.7 Å². The first-order chi connectivity index (χ1) is 9.87. The molecule has 5 nitrogen and oxygen atoms in total. The summed E-state index contributed by atoms with van der Waals surface area (Å²) in [4.78, 5) is 28.8. The number of rotatable bonds is 3. The van der Waals surface area contributed by atoms with Crippen LogP contribution in [-0.4, -0.2) is 59.9 Å². The summed E-state index contributed by atoms with van der Waals surface area (Å²) >= 11 is 1.46. The fraction of sp³-hybridized carbons (Fsp3) is 0.600. The summed E-state index contributed by atoms with van der Waals surface area (Å²) in [6.07, 6.45) is 0. The average molecular weight is 309 g/mol. The van der Waals surface area contributed by atoms with Crippen molar-refractivity contribution >= 4 is 23.2 Å². The average Bonchev–Trinajstić information content (AvgIpc) is 2.97. The minimum Gasteiger partial charge on any atom is -0.338 e. The third kappa shape index (κ3) is 4.54. The van der Waals surface area contributed by atoms with Crippen molar-refractivity contribution in [2.24, 2.45) is 0 Å². The van der Waals surface area contributed by atoms with E-state index >= 15 is 0 Å². The van der Waals surface area contributed by atoms with Crippen LogP contribution in [0.1, 0.15) is 30.4 Å². The van der Waals surface area contributed by atoms with Gasteiger partial charge in [-0.3, -0.25) is 9.59 Å². The second-order valence-corrected chi connectivity index (χ2v) is 7.20. The summed E-state index contributed by atoms with van der Waals surface area (Å²) in [5.41, 5.74) is -0.0629. The van der Waals surface area contributed by atoms with Crippen molar-refractivity contribution in [3.8, 4) is 0 Å². The Morgan fingerprint density at radius 1 is 1.19 bits per heavy atom. The van der Waals surface area contributed by atoms with Gasteiger partial charge < -0.3 is 15.1 Å². The predicted molar refractivity (Wildman–Crippen MR) is 84.6 cm³/mol. The second-order valence-electron chi connectivity index (χ2n) is 6.25. The maximum atomic E-state index is 12.2. The molecule has 1 aromatic heterocycles. The molecule has 0 spiro atoms. The molecule has 0 saturated carbocycles. The number of amides is 2. The maximum absolute atomic E-state index is 12.2. The molecule has 0 unspecified atom stereocenters. The Labute approximate surface area is 129 Å². The third-order valence-electron chi connectivity index (χ3n) is 3.42. The minimum absolute atomic E-state index is 0.0629. The third-order valence-corrected chi connectivity index (χ3v) is 4.28. The lowest BCUT2D eigenvalue weighted by atomic mass is 10.1. The highest BCUT2D eigenvalue weighted by Gasteiger charge is 2.25. The number of nitrogens with one attached hydrogen (secondary N) is 1. The normalized spacial score (nSPS) is 16.1. The van der Waals surface area contributed by atoms with Crippen molar-refractivity contribution in [1.82, 2.24) is 15.1 Å². The van der Waals surface area contributed by atoms with E-state index in [9.17, 15) is 9.59 Å². The monoisotopic (exact) mass is 309 g/mol. The van der Waals surface area contributed by atoms with Crippen LogP contribution in [0.15, 0.2) is 17.5 Å². The zero-order valence-electron chi connectivity index (χ0n) is 12.9. The van der Waals surface area contributed by atoms with Crippen LogP contribution in [0.2, 0.25) is 0 Å². The van der Waals surface area contributed by atoms with Gasteiger partial charge in [-0.15, -0.1) is 11.3 Å². The van der Waals surface area contributed by atoms with E-state index in [1.807, 2.05) is 48.1 Å². The van der Waals surface area contributed by atoms with Crippen molar-refractivity contribution < 1.29 is 9.59 Å². The minimum atomic E-state index is -0.0629. The molecule has 0 aliphatic carbocycles. The number of hydrogen-bond acceptors (Lipinski definition) is 4. The van der Waals surface area contributed by atoms with E-state index in [1.165, 1.54) is 11.3 Å². The van der Waals surface area contributed by atoms with Gasteiger partial charge in [0.15, 0.2) is 0 Å². The van der Waals surface area contributed by atoms with Gasteiger partial charge >= 0.3 is 0 Å². The largest absolute Gasteiger partial charge is 0.338 e. The molecule has 1 saturated heterocycles. The molecule has 0 bridgehead atoms. The first-order valence-corrected chi connectivity index (χ1v) is 8.10. The van der Waals surface area contributed by atoms with Gasteiger partial charge in [0.05, 0.1) is 11.4 Å². The van der Waals surface area contributed by atoms with Crippen LogP contribution in [0.4, 0.5) is 0 Å². The zero-order valence-corrected chi connectivity index (χ0v) is 13.7. The molecule has 2 rings (SSSR count). The highest BCUT2D eigenvalue weighted by atomic mass is 32.1. The van der Waals surface area contributed by atoms with Gasteiger partial charge in [0, 0.05) is 31.7 Å². The zero-order chi connectivity index (χ0) is 15.5. The van der Waals surface area contributed by atoms with Crippen LogP contribution in [0, 0.1) is 0 Å². The van der Waals surface area contributed by atoms with Crippen LogP contribution in [0.25, 0.3) is 0 Å². The number of thiophene rings is 1. The molecular formula is C15H23N3O2S. The van der Waals surface area contributed by atoms with E-state index in [0.717, 1.165) is 4.88 Å². The fourth-order valence-corrected chi connectivity index (χ4v) is 2.86. The van der Waals surface area contributed by atoms with E-state index in [0.29, 0.717) is 32.7 Å². The van der Waals surface area contributed by atoms with Crippen LogP contribution in [0.5, 0.6) is 0 Å². The highest BCUT2D eigenvalue weighted by Crippen LogP contribution is 2.14. The molecule has 1 aliphatic heterocycles. The number of hydrogen-bond donors (Lipinski definition) is 1. The summed E-state index contributed by atoms with van der Waals surface area (Å²) < 4.78 is 0. The number of carbonyl (C=O) groups excluding carboxylic acids is 2. The quantitative estimate of drug-likeness (QED) is 0.919. The Balaban J connectivity index is 1.80. The fourth-order valence-electron chi connectivity index (χ4n) is 2.17. The van der Waals surface area contributed by atoms with Crippen LogP contribution >= 0.6 is 11.3 Å². The lowest BCUT2D eigenvalue weighted by Gasteiger charge is -2.35. The molecule has 1 aliphatic rings. The van der Waals surface area contributed by atoms with E-state index in [-0.39, 0.29) is 17.4 Å². The van der Waals surface area contributed by atoms with Crippen LogP contribution in [-0.2, 0) is 4.79 Å². The Morgan fingerprint density at radius 3 is 2.33 bits per heavy atom. The summed E-state index contributed by atoms with van der Waals surface area (Å²) in [7, 11) is 0. The molecule has 6 heteroatoms. The Morgan fingerprint density at radius 2 is 1.81 bits per heavy atom. The van der Waals surface area contributed by atoms with Gasteiger partial charge in [0.25, 0.3) is 5.91 Å². The standard InChI is InChI=1S/C15H23N3O2S/c1-15(2,3)16-11-13(19)17-6-8-18(9-7-17)14(20)12-5-4-10-21-12/h4-5,10,16H,6-9,11H2,1-3H3. The molecule has 1 aromatic rings. The first kappa shape index (κ1) is 16.0. The Kier molecular flexibility index (Phi) is 5.00. The summed E-state index contributed by atoms with van der Waals surface area (Å²) in [5, 5.41) is 5.11. The Bertz CT molecular complexity index is 486. The number of nitrogens with zero attached hydrogens (tertiary/aromatic N) is 2. The molecule has 116 valence electrons. The van der Waals surface area contributed by atoms with E-state index in [1.54, 1.807) is 0 Å². The maximum Gasteiger partial charge on any atom is 0.264 e. The topological polar surface area (TPSA) is 52.7 Å². The number of carbonyl (C=O) groups is 2. The van der Waals surface area contributed by atoms with Crippen molar-refractivity contribution in [1.29, 1.82) is 0 Å². The Hall–Kier alpha value is -1.40. The molecule has 1 fully saturated rings. The van der Waals surface area contributed by atoms with Crippen molar-refractivity contribution in [3.63, 3.8) is 0 Å². The van der Waals surface area contributed by atoms with Crippen molar-refractivity contribution in [2.45, 2.75) is 26.3 Å². The summed E-state index contributed by atoms with van der Waals surface area (Å²) in [5.74, 6) is 0.179. The lowest BCUT2D eigenvalue weighted by Crippen LogP contribution is -2.53. The molecule has 0 aromatic carbocycles. The summed E-state index contributed by atoms with van der Waals surface area (Å²) in [6, 6.07) is 3.73. The predicted octanol–water partition coefficient (Wildman–Crippen LogP) is 1.42. The van der Waals surface area contributed by atoms with Crippen molar-refractivity contribution in [3.05, 3.63) is 22.4 Å². The summed E-state index contributed by atoms with van der Waals surface area (Å²) in [6.45, 7) is 8.91. The lowest BCUT2D eigenvalue weighted by molar-refractivity contribution is -0.132. The van der Waals surface area contributed by atoms with Crippen LogP contribution < -0.4 is 5.32 Å². The van der Waals surface area contributed by atoms with Gasteiger partial charge in [-0.2, -0.15) is 0 Å². The van der Waals surface area contributed by atoms with Gasteiger partial charge in [-0.05, 0) is 32.2 Å². The number of piperazine rings is 1. The van der Waals surface area contributed by atoms with Gasteiger partial charge in [-0.25, -0.2) is 0 Å². The molecule has 0 radical (unpaired) electrons. The van der Waals surface area contributed by atoms with E-state index < -0.39 is 0 Å². The van der Waals surface area contributed by atoms with Crippen LogP contribution in [0.3, 0.4) is 0 Å². The van der Waals surface area contributed by atoms with E-state index in [2.05, 4.69) is 5.32 Å². The van der Waals surface area contributed by atoms with Gasteiger partial charge in [-0.1, -0.05) is 6.07 Å². The molecular weight excluding hydrogens is 286 g/mol. The highest BCUT2D eigenvalue weighted by molar-refractivity contribution is 7.12. The van der Waals surface area contributed by atoms with Gasteiger partial charge in [0.2, 0.25) is 5.91 Å². The smallest absolute Gasteiger partial charge is 0.264 e. The van der Waals surface area contributed by atoms with E-state index in [4.69, 9.17) is 0 Å². The van der Waals surface area contributed by atoms with Gasteiger partial charge in [0.1, 0.15) is 0 Å².